The highest BCUT2D eigenvalue weighted by Gasteiger charge is 2.17. The van der Waals surface area contributed by atoms with Crippen LogP contribution in [0.4, 0.5) is 0 Å². The summed E-state index contributed by atoms with van der Waals surface area (Å²) in [5, 5.41) is 0. The van der Waals surface area contributed by atoms with Crippen LogP contribution in [0, 0.1) is 0 Å². The maximum atomic E-state index is 2.33. The summed E-state index contributed by atoms with van der Waals surface area (Å²) in [6.07, 6.45) is 2.41. The topological polar surface area (TPSA) is 3.24 Å². The normalized spacial score (nSPS) is 13.3. The molecule has 1 heteroatoms. The molecule has 1 unspecified atom stereocenters. The Bertz CT molecular complexity index is 576. The molecule has 0 amide bonds. The first-order chi connectivity index (χ1) is 10.9. The van der Waals surface area contributed by atoms with E-state index in [0.717, 1.165) is 6.54 Å². The van der Waals surface area contributed by atoms with Crippen LogP contribution in [0.25, 0.3) is 0 Å². The maximum absolute atomic E-state index is 2.33. The van der Waals surface area contributed by atoms with Crippen LogP contribution >= 0.6 is 0 Å². The molecule has 1 nitrogen and oxygen atoms in total. The lowest BCUT2D eigenvalue weighted by Crippen LogP contribution is -2.14. The van der Waals surface area contributed by atoms with E-state index in [9.17, 15) is 0 Å². The van der Waals surface area contributed by atoms with Gasteiger partial charge in [0.1, 0.15) is 0 Å². The average molecular weight is 309 g/mol. The van der Waals surface area contributed by atoms with Gasteiger partial charge in [0, 0.05) is 5.92 Å². The standard InChI is InChI=1S/C22H31N/c1-22(2,3)20-15-13-19(14-16-20)21(12-9-17-23(4)5)18-10-7-6-8-11-18/h6-8,10-11,13-16,21H,9,12,17H2,1-5H3. The van der Waals surface area contributed by atoms with Crippen molar-refractivity contribution >= 4 is 0 Å². The van der Waals surface area contributed by atoms with Gasteiger partial charge in [0.2, 0.25) is 0 Å². The Balaban J connectivity index is 2.22. The summed E-state index contributed by atoms with van der Waals surface area (Å²) in [5.41, 5.74) is 4.48. The van der Waals surface area contributed by atoms with Gasteiger partial charge < -0.3 is 4.90 Å². The molecule has 0 aromatic heterocycles. The second kappa shape index (κ2) is 7.79. The second-order valence-corrected chi connectivity index (χ2v) is 7.78. The van der Waals surface area contributed by atoms with Crippen LogP contribution in [0.5, 0.6) is 0 Å². The van der Waals surface area contributed by atoms with E-state index >= 15 is 0 Å². The molecular formula is C22H31N. The van der Waals surface area contributed by atoms with Gasteiger partial charge >= 0.3 is 0 Å². The number of hydrogen-bond acceptors (Lipinski definition) is 1. The Morgan fingerprint density at radius 1 is 0.826 bits per heavy atom. The number of hydrogen-bond donors (Lipinski definition) is 0. The molecule has 0 spiro atoms. The highest BCUT2D eigenvalue weighted by Crippen LogP contribution is 2.31. The van der Waals surface area contributed by atoms with Crippen molar-refractivity contribution in [2.75, 3.05) is 20.6 Å². The molecule has 0 N–H and O–H groups in total. The van der Waals surface area contributed by atoms with Gasteiger partial charge in [-0.2, -0.15) is 0 Å². The van der Waals surface area contributed by atoms with Crippen LogP contribution in [0.15, 0.2) is 54.6 Å². The molecule has 0 aliphatic heterocycles. The van der Waals surface area contributed by atoms with E-state index in [4.69, 9.17) is 0 Å². The summed E-state index contributed by atoms with van der Waals surface area (Å²) in [4.78, 5) is 2.27. The minimum absolute atomic E-state index is 0.214. The maximum Gasteiger partial charge on any atom is 0.00898 e. The molecule has 0 aliphatic rings. The molecule has 1 atom stereocenters. The fraction of sp³-hybridized carbons (Fsp3) is 0.455. The molecule has 0 aliphatic carbocycles. The molecule has 2 aromatic rings. The van der Waals surface area contributed by atoms with Crippen molar-refractivity contribution in [2.45, 2.75) is 44.9 Å². The largest absolute Gasteiger partial charge is 0.309 e. The molecule has 0 bridgehead atoms. The molecule has 0 radical (unpaired) electrons. The highest BCUT2D eigenvalue weighted by molar-refractivity contribution is 5.35. The summed E-state index contributed by atoms with van der Waals surface area (Å²) in [6, 6.07) is 20.2. The van der Waals surface area contributed by atoms with E-state index in [1.54, 1.807) is 0 Å². The summed E-state index contributed by atoms with van der Waals surface area (Å²) in [7, 11) is 4.30. The quantitative estimate of drug-likeness (QED) is 0.685. The van der Waals surface area contributed by atoms with Crippen LogP contribution in [-0.2, 0) is 5.41 Å². The molecule has 0 heterocycles. The predicted molar refractivity (Wildman–Crippen MR) is 101 cm³/mol. The average Bonchev–Trinajstić information content (AvgIpc) is 2.51. The zero-order valence-corrected chi connectivity index (χ0v) is 15.3. The van der Waals surface area contributed by atoms with Crippen molar-refractivity contribution in [3.8, 4) is 0 Å². The van der Waals surface area contributed by atoms with Crippen LogP contribution < -0.4 is 0 Å². The Hall–Kier alpha value is -1.60. The first kappa shape index (κ1) is 17.7. The molecular weight excluding hydrogens is 278 g/mol. The Kier molecular flexibility index (Phi) is 6.01. The third-order valence-corrected chi connectivity index (χ3v) is 4.48. The Labute approximate surface area is 142 Å². The SMILES string of the molecule is CN(C)CCCC(c1ccccc1)c1ccc(C(C)(C)C)cc1. The van der Waals surface area contributed by atoms with Gasteiger partial charge in [-0.05, 0) is 55.6 Å². The molecule has 0 saturated heterocycles. The number of benzene rings is 2. The van der Waals surface area contributed by atoms with Crippen molar-refractivity contribution in [3.63, 3.8) is 0 Å². The van der Waals surface area contributed by atoms with Crippen LogP contribution in [0.2, 0.25) is 0 Å². The molecule has 0 fully saturated rings. The first-order valence-electron chi connectivity index (χ1n) is 8.68. The second-order valence-electron chi connectivity index (χ2n) is 7.78. The smallest absolute Gasteiger partial charge is 0.00898 e. The van der Waals surface area contributed by atoms with Gasteiger partial charge in [0.05, 0.1) is 0 Å². The zero-order chi connectivity index (χ0) is 16.9. The van der Waals surface area contributed by atoms with Crippen molar-refractivity contribution in [2.24, 2.45) is 0 Å². The third-order valence-electron chi connectivity index (χ3n) is 4.48. The highest BCUT2D eigenvalue weighted by atomic mass is 15.0. The van der Waals surface area contributed by atoms with E-state index in [1.165, 1.54) is 29.5 Å². The fourth-order valence-electron chi connectivity index (χ4n) is 3.04. The molecule has 23 heavy (non-hydrogen) atoms. The van der Waals surface area contributed by atoms with E-state index in [1.807, 2.05) is 0 Å². The van der Waals surface area contributed by atoms with Crippen LogP contribution in [0.3, 0.4) is 0 Å². The summed E-state index contributed by atoms with van der Waals surface area (Å²) < 4.78 is 0. The van der Waals surface area contributed by atoms with E-state index in [-0.39, 0.29) is 5.41 Å². The Morgan fingerprint density at radius 2 is 1.39 bits per heavy atom. The molecule has 124 valence electrons. The van der Waals surface area contributed by atoms with Crippen LogP contribution in [0.1, 0.15) is 56.2 Å². The lowest BCUT2D eigenvalue weighted by atomic mass is 9.83. The number of rotatable bonds is 6. The Morgan fingerprint density at radius 3 is 1.91 bits per heavy atom. The van der Waals surface area contributed by atoms with Crippen LogP contribution in [-0.4, -0.2) is 25.5 Å². The summed E-state index contributed by atoms with van der Waals surface area (Å²) in [6.45, 7) is 7.96. The van der Waals surface area contributed by atoms with Crippen molar-refractivity contribution in [1.29, 1.82) is 0 Å². The van der Waals surface area contributed by atoms with Gasteiger partial charge in [-0.3, -0.25) is 0 Å². The third kappa shape index (κ3) is 5.21. The lowest BCUT2D eigenvalue weighted by molar-refractivity contribution is 0.389. The van der Waals surface area contributed by atoms with Gasteiger partial charge in [0.25, 0.3) is 0 Å². The van der Waals surface area contributed by atoms with Gasteiger partial charge in [0.15, 0.2) is 0 Å². The molecule has 0 saturated carbocycles. The van der Waals surface area contributed by atoms with Gasteiger partial charge in [-0.15, -0.1) is 0 Å². The first-order valence-corrected chi connectivity index (χ1v) is 8.68. The predicted octanol–water partition coefficient (Wildman–Crippen LogP) is 5.46. The summed E-state index contributed by atoms with van der Waals surface area (Å²) >= 11 is 0. The van der Waals surface area contributed by atoms with Crippen molar-refractivity contribution in [1.82, 2.24) is 4.90 Å². The molecule has 2 rings (SSSR count). The van der Waals surface area contributed by atoms with Crippen molar-refractivity contribution in [3.05, 3.63) is 71.3 Å². The fourth-order valence-corrected chi connectivity index (χ4v) is 3.04. The van der Waals surface area contributed by atoms with Gasteiger partial charge in [-0.1, -0.05) is 75.4 Å². The van der Waals surface area contributed by atoms with Gasteiger partial charge in [-0.25, -0.2) is 0 Å². The zero-order valence-electron chi connectivity index (χ0n) is 15.3. The van der Waals surface area contributed by atoms with Crippen molar-refractivity contribution < 1.29 is 0 Å². The summed E-state index contributed by atoms with van der Waals surface area (Å²) in [5.74, 6) is 0.491. The molecule has 2 aromatic carbocycles. The monoisotopic (exact) mass is 309 g/mol. The number of nitrogens with zero attached hydrogens (tertiary/aromatic N) is 1. The lowest BCUT2D eigenvalue weighted by Gasteiger charge is -2.22. The van der Waals surface area contributed by atoms with E-state index < -0.39 is 0 Å². The van der Waals surface area contributed by atoms with E-state index in [2.05, 4.69) is 94.4 Å². The minimum atomic E-state index is 0.214. The van der Waals surface area contributed by atoms with E-state index in [0.29, 0.717) is 5.92 Å². The minimum Gasteiger partial charge on any atom is -0.309 e.